The molecule has 13 heteroatoms. The van der Waals surface area contributed by atoms with E-state index in [0.717, 1.165) is 31.4 Å². The van der Waals surface area contributed by atoms with Gasteiger partial charge in [-0.25, -0.2) is 19.2 Å². The Balaban J connectivity index is 0.000000479. The van der Waals surface area contributed by atoms with Gasteiger partial charge in [-0.2, -0.15) is 18.2 Å². The van der Waals surface area contributed by atoms with E-state index in [9.17, 15) is 13.2 Å². The number of hydrogen-bond donors (Lipinski definition) is 3. The molecule has 0 amide bonds. The summed E-state index contributed by atoms with van der Waals surface area (Å²) in [6, 6.07) is 5.26. The second-order valence-corrected chi connectivity index (χ2v) is 8.70. The van der Waals surface area contributed by atoms with E-state index in [1.165, 1.54) is 12.4 Å². The molecule has 1 aromatic carbocycles. The Labute approximate surface area is 210 Å². The molecule has 37 heavy (non-hydrogen) atoms. The molecule has 1 aliphatic carbocycles. The number of benzene rings is 1. The molecule has 0 bridgehead atoms. The van der Waals surface area contributed by atoms with Gasteiger partial charge in [-0.15, -0.1) is 0 Å². The van der Waals surface area contributed by atoms with Crippen molar-refractivity contribution in [1.82, 2.24) is 19.9 Å². The third-order valence-electron chi connectivity index (χ3n) is 5.37. The van der Waals surface area contributed by atoms with Crippen molar-refractivity contribution in [2.75, 3.05) is 17.6 Å². The van der Waals surface area contributed by atoms with E-state index in [-0.39, 0.29) is 23.4 Å². The molecule has 4 rings (SSSR count). The standard InChI is InChI=1S/C22H25FN6O.C2HF3O2/c1-13(2)10-28-22-25-9-8-19(29-22)30-21-15(14-4-3-5-14)6-7-16(20(21)23)17-11-27-18(24)12-26-17;3-2(4,5)1(6)7/h6-9,11-14H,3-5,10H2,1-2H3,(H2,24,27)(H,25,28,29);(H,6,7). The number of hydrogen-bond acceptors (Lipinski definition) is 8. The fourth-order valence-electron chi connectivity index (χ4n) is 3.27. The summed E-state index contributed by atoms with van der Waals surface area (Å²) in [4.78, 5) is 25.7. The molecule has 0 aliphatic heterocycles. The predicted octanol–water partition coefficient (Wildman–Crippen LogP) is 5.42. The van der Waals surface area contributed by atoms with Crippen LogP contribution in [0.3, 0.4) is 0 Å². The first-order valence-corrected chi connectivity index (χ1v) is 11.4. The number of halogens is 4. The number of carbonyl (C=O) groups is 1. The molecule has 4 N–H and O–H groups in total. The van der Waals surface area contributed by atoms with E-state index in [4.69, 9.17) is 20.4 Å². The number of carboxylic acids is 1. The molecular formula is C24H26F4N6O3. The summed E-state index contributed by atoms with van der Waals surface area (Å²) < 4.78 is 53.3. The Kier molecular flexibility index (Phi) is 8.79. The number of nitrogen functional groups attached to an aromatic ring is 1. The number of nitrogens with zero attached hydrogens (tertiary/aromatic N) is 4. The van der Waals surface area contributed by atoms with Crippen molar-refractivity contribution in [2.45, 2.75) is 45.2 Å². The highest BCUT2D eigenvalue weighted by Crippen LogP contribution is 2.44. The first-order valence-electron chi connectivity index (χ1n) is 11.4. The third kappa shape index (κ3) is 7.48. The van der Waals surface area contributed by atoms with Crippen molar-refractivity contribution in [2.24, 2.45) is 5.92 Å². The lowest BCUT2D eigenvalue weighted by Gasteiger charge is -2.28. The van der Waals surface area contributed by atoms with Gasteiger partial charge in [-0.05, 0) is 30.7 Å². The van der Waals surface area contributed by atoms with E-state index in [0.29, 0.717) is 23.1 Å². The Bertz CT molecular complexity index is 1220. The number of anilines is 2. The van der Waals surface area contributed by atoms with E-state index < -0.39 is 18.0 Å². The molecule has 198 valence electrons. The molecule has 0 spiro atoms. The maximum absolute atomic E-state index is 15.6. The fraction of sp³-hybridized carbons (Fsp3) is 0.375. The van der Waals surface area contributed by atoms with Gasteiger partial charge >= 0.3 is 12.1 Å². The van der Waals surface area contributed by atoms with Crippen LogP contribution in [0.5, 0.6) is 11.6 Å². The number of ether oxygens (including phenoxy) is 1. The molecule has 0 saturated heterocycles. The largest absolute Gasteiger partial charge is 0.490 e. The first-order chi connectivity index (χ1) is 17.5. The van der Waals surface area contributed by atoms with E-state index in [1.54, 1.807) is 18.3 Å². The third-order valence-corrected chi connectivity index (χ3v) is 5.37. The lowest BCUT2D eigenvalue weighted by Crippen LogP contribution is -2.21. The van der Waals surface area contributed by atoms with Gasteiger partial charge in [0.25, 0.3) is 0 Å². The molecule has 0 atom stereocenters. The van der Waals surface area contributed by atoms with Crippen molar-refractivity contribution in [3.8, 4) is 22.9 Å². The highest BCUT2D eigenvalue weighted by molar-refractivity contribution is 5.73. The van der Waals surface area contributed by atoms with Crippen molar-refractivity contribution >= 4 is 17.7 Å². The number of aliphatic carboxylic acids is 1. The summed E-state index contributed by atoms with van der Waals surface area (Å²) in [7, 11) is 0. The average Bonchev–Trinajstić information content (AvgIpc) is 2.80. The molecular weight excluding hydrogens is 496 g/mol. The highest BCUT2D eigenvalue weighted by Gasteiger charge is 2.38. The summed E-state index contributed by atoms with van der Waals surface area (Å²) in [6.07, 6.45) is 2.55. The van der Waals surface area contributed by atoms with Crippen molar-refractivity contribution in [1.29, 1.82) is 0 Å². The molecule has 9 nitrogen and oxygen atoms in total. The number of nitrogens with two attached hydrogens (primary N) is 1. The zero-order valence-electron chi connectivity index (χ0n) is 20.1. The predicted molar refractivity (Wildman–Crippen MR) is 128 cm³/mol. The van der Waals surface area contributed by atoms with Gasteiger partial charge in [-0.3, -0.25) is 4.98 Å². The maximum Gasteiger partial charge on any atom is 0.490 e. The molecule has 1 fully saturated rings. The minimum absolute atomic E-state index is 0.185. The van der Waals surface area contributed by atoms with Gasteiger partial charge in [0.15, 0.2) is 11.6 Å². The fourth-order valence-corrected chi connectivity index (χ4v) is 3.27. The normalized spacial score (nSPS) is 13.4. The SMILES string of the molecule is CC(C)CNc1nccc(Oc2c(C3CCC3)ccc(-c3cnc(N)cn3)c2F)n1.O=C(O)C(F)(F)F. The molecule has 2 aromatic heterocycles. The topological polar surface area (TPSA) is 136 Å². The van der Waals surface area contributed by atoms with Crippen LogP contribution in [0.15, 0.2) is 36.8 Å². The lowest BCUT2D eigenvalue weighted by molar-refractivity contribution is -0.192. The van der Waals surface area contributed by atoms with Crippen LogP contribution in [-0.4, -0.2) is 43.7 Å². The zero-order valence-corrected chi connectivity index (χ0v) is 20.1. The van der Waals surface area contributed by atoms with E-state index >= 15 is 4.39 Å². The quantitative estimate of drug-likeness (QED) is 0.348. The maximum atomic E-state index is 15.6. The van der Waals surface area contributed by atoms with Crippen LogP contribution < -0.4 is 15.8 Å². The Morgan fingerprint density at radius 3 is 2.43 bits per heavy atom. The van der Waals surface area contributed by atoms with E-state index in [2.05, 4.69) is 39.1 Å². The van der Waals surface area contributed by atoms with Gasteiger partial charge in [0.05, 0.1) is 18.1 Å². The monoisotopic (exact) mass is 522 g/mol. The molecule has 0 unspecified atom stereocenters. The van der Waals surface area contributed by atoms with Gasteiger partial charge in [0, 0.05) is 29.9 Å². The average molecular weight is 523 g/mol. The minimum Gasteiger partial charge on any atom is -0.475 e. The van der Waals surface area contributed by atoms with Gasteiger partial charge in [0.1, 0.15) is 5.82 Å². The first kappa shape index (κ1) is 27.6. The van der Waals surface area contributed by atoms with Crippen LogP contribution in [0.4, 0.5) is 29.3 Å². The van der Waals surface area contributed by atoms with Crippen LogP contribution in [0.2, 0.25) is 0 Å². The van der Waals surface area contributed by atoms with Crippen LogP contribution >= 0.6 is 0 Å². The minimum atomic E-state index is -5.08. The number of carboxylic acid groups (broad SMARTS) is 1. The molecule has 1 saturated carbocycles. The van der Waals surface area contributed by atoms with Gasteiger partial charge < -0.3 is 20.9 Å². The van der Waals surface area contributed by atoms with Gasteiger partial charge in [0.2, 0.25) is 11.8 Å². The van der Waals surface area contributed by atoms with E-state index in [1.807, 2.05) is 6.07 Å². The van der Waals surface area contributed by atoms with Crippen LogP contribution in [0.1, 0.15) is 44.6 Å². The smallest absolute Gasteiger partial charge is 0.475 e. The van der Waals surface area contributed by atoms with Gasteiger partial charge in [-0.1, -0.05) is 26.3 Å². The highest BCUT2D eigenvalue weighted by atomic mass is 19.4. The second-order valence-electron chi connectivity index (χ2n) is 8.70. The molecule has 2 heterocycles. The number of alkyl halides is 3. The second kappa shape index (κ2) is 11.8. The summed E-state index contributed by atoms with van der Waals surface area (Å²) in [5, 5.41) is 10.3. The Morgan fingerprint density at radius 1 is 1.19 bits per heavy atom. The Morgan fingerprint density at radius 2 is 1.89 bits per heavy atom. The summed E-state index contributed by atoms with van der Waals surface area (Å²) in [5.41, 5.74) is 7.17. The van der Waals surface area contributed by atoms with Crippen LogP contribution in [0.25, 0.3) is 11.3 Å². The number of rotatable bonds is 7. The number of nitrogens with one attached hydrogen (secondary N) is 1. The van der Waals surface area contributed by atoms with Crippen LogP contribution in [0, 0.1) is 11.7 Å². The van der Waals surface area contributed by atoms with Crippen molar-refractivity contribution in [3.05, 3.63) is 48.2 Å². The molecule has 3 aromatic rings. The molecule has 0 radical (unpaired) electrons. The van der Waals surface area contributed by atoms with Crippen molar-refractivity contribution in [3.63, 3.8) is 0 Å². The molecule has 1 aliphatic rings. The van der Waals surface area contributed by atoms with Crippen LogP contribution in [-0.2, 0) is 4.79 Å². The zero-order chi connectivity index (χ0) is 27.2. The Hall–Kier alpha value is -4.03. The number of aromatic nitrogens is 4. The summed E-state index contributed by atoms with van der Waals surface area (Å²) >= 11 is 0. The lowest BCUT2D eigenvalue weighted by atomic mass is 9.79. The summed E-state index contributed by atoms with van der Waals surface area (Å²) in [5.74, 6) is -1.31. The van der Waals surface area contributed by atoms with Crippen molar-refractivity contribution < 1.29 is 32.2 Å². The summed E-state index contributed by atoms with van der Waals surface area (Å²) in [6.45, 7) is 4.93.